The van der Waals surface area contributed by atoms with Crippen LogP contribution in [0.1, 0.15) is 46.5 Å². The Morgan fingerprint density at radius 1 is 1.24 bits per heavy atom. The molecule has 0 saturated heterocycles. The minimum Gasteiger partial charge on any atom is -0.460 e. The van der Waals surface area contributed by atoms with Gasteiger partial charge in [-0.25, -0.2) is 0 Å². The number of aliphatic hydroxyl groups excluding tert-OH is 1. The van der Waals surface area contributed by atoms with Crippen molar-refractivity contribution in [2.45, 2.75) is 58.8 Å². The molecule has 2 atom stereocenters. The Kier molecular flexibility index (Phi) is 12.9. The number of aliphatic hydroxyl groups is 1. The number of amides is 1. The first kappa shape index (κ1) is 24.2. The van der Waals surface area contributed by atoms with Crippen LogP contribution in [0, 0.1) is 5.41 Å². The average molecular weight is 380 g/mol. The highest BCUT2D eigenvalue weighted by atomic mass is 32.1. The van der Waals surface area contributed by atoms with Gasteiger partial charge in [-0.2, -0.15) is 12.6 Å². The van der Waals surface area contributed by atoms with Crippen molar-refractivity contribution in [3.05, 3.63) is 0 Å². The van der Waals surface area contributed by atoms with E-state index in [1.807, 2.05) is 20.8 Å². The zero-order valence-corrected chi connectivity index (χ0v) is 16.6. The van der Waals surface area contributed by atoms with E-state index in [9.17, 15) is 14.7 Å². The van der Waals surface area contributed by atoms with Crippen LogP contribution in [-0.2, 0) is 23.8 Å². The molecule has 0 bridgehead atoms. The van der Waals surface area contributed by atoms with Gasteiger partial charge in [-0.3, -0.25) is 9.59 Å². The second kappa shape index (κ2) is 13.4. The monoisotopic (exact) mass is 379 g/mol. The lowest BCUT2D eigenvalue weighted by Crippen LogP contribution is -2.33. The van der Waals surface area contributed by atoms with Crippen LogP contribution in [0.25, 0.3) is 0 Å². The second-order valence-corrected chi connectivity index (χ2v) is 7.43. The third kappa shape index (κ3) is 14.1. The van der Waals surface area contributed by atoms with Gasteiger partial charge in [0.2, 0.25) is 5.91 Å². The number of carbonyl (C=O) groups excluding carboxylic acids is 2. The normalized spacial score (nSPS) is 14.0. The summed E-state index contributed by atoms with van der Waals surface area (Å²) in [5.74, 6) is 0.0629. The van der Waals surface area contributed by atoms with E-state index < -0.39 is 12.3 Å². The smallest absolute Gasteiger partial charge is 0.305 e. The highest BCUT2D eigenvalue weighted by Crippen LogP contribution is 2.23. The molecule has 2 unspecified atom stereocenters. The number of rotatable bonds is 13. The summed E-state index contributed by atoms with van der Waals surface area (Å²) in [4.78, 5) is 23.1. The predicted molar refractivity (Wildman–Crippen MR) is 98.5 cm³/mol. The van der Waals surface area contributed by atoms with E-state index in [1.54, 1.807) is 0 Å². The average Bonchev–Trinajstić information content (AvgIpc) is 2.54. The van der Waals surface area contributed by atoms with E-state index in [4.69, 9.17) is 14.2 Å². The Labute approximate surface area is 156 Å². The van der Waals surface area contributed by atoms with Crippen LogP contribution in [0.2, 0.25) is 0 Å². The molecule has 25 heavy (non-hydrogen) atoms. The molecule has 1 amide bonds. The maximum absolute atomic E-state index is 11.7. The molecule has 8 heteroatoms. The lowest BCUT2D eigenvalue weighted by atomic mass is 9.89. The number of esters is 1. The van der Waals surface area contributed by atoms with Crippen LogP contribution in [0.15, 0.2) is 0 Å². The van der Waals surface area contributed by atoms with Crippen LogP contribution >= 0.6 is 12.6 Å². The van der Waals surface area contributed by atoms with E-state index in [1.165, 1.54) is 7.11 Å². The summed E-state index contributed by atoms with van der Waals surface area (Å²) in [5.41, 5.74) is -0.00407. The molecule has 148 valence electrons. The molecule has 0 aliphatic rings. The minimum atomic E-state index is -0.734. The minimum absolute atomic E-state index is 0.00407. The van der Waals surface area contributed by atoms with E-state index >= 15 is 0 Å². The van der Waals surface area contributed by atoms with Gasteiger partial charge in [-0.05, 0) is 18.3 Å². The first-order valence-corrected chi connectivity index (χ1v) is 9.17. The van der Waals surface area contributed by atoms with Gasteiger partial charge < -0.3 is 24.6 Å². The molecule has 0 aliphatic heterocycles. The van der Waals surface area contributed by atoms with Gasteiger partial charge in [0.1, 0.15) is 6.61 Å². The number of nitrogens with one attached hydrogen (secondary N) is 1. The van der Waals surface area contributed by atoms with Crippen LogP contribution in [0.5, 0.6) is 0 Å². The number of thiol groups is 1. The van der Waals surface area contributed by atoms with Gasteiger partial charge in [-0.1, -0.05) is 20.8 Å². The van der Waals surface area contributed by atoms with Crippen LogP contribution in [-0.4, -0.2) is 62.0 Å². The molecule has 0 spiro atoms. The van der Waals surface area contributed by atoms with Crippen molar-refractivity contribution in [3.8, 4) is 0 Å². The largest absolute Gasteiger partial charge is 0.460 e. The fourth-order valence-electron chi connectivity index (χ4n) is 2.13. The van der Waals surface area contributed by atoms with E-state index in [0.29, 0.717) is 25.1 Å². The van der Waals surface area contributed by atoms with Crippen molar-refractivity contribution < 1.29 is 28.9 Å². The highest BCUT2D eigenvalue weighted by Gasteiger charge is 2.23. The van der Waals surface area contributed by atoms with Crippen LogP contribution < -0.4 is 5.32 Å². The fraction of sp³-hybridized carbons (Fsp3) is 0.882. The molecule has 7 nitrogen and oxygen atoms in total. The van der Waals surface area contributed by atoms with Gasteiger partial charge in [-0.15, -0.1) is 0 Å². The van der Waals surface area contributed by atoms with Crippen molar-refractivity contribution in [1.82, 2.24) is 5.32 Å². The van der Waals surface area contributed by atoms with Crippen molar-refractivity contribution in [2.75, 3.05) is 32.6 Å². The summed E-state index contributed by atoms with van der Waals surface area (Å²) < 4.78 is 15.9. The number of hydrogen-bond acceptors (Lipinski definition) is 7. The molecule has 0 heterocycles. The second-order valence-electron chi connectivity index (χ2n) is 6.98. The molecular weight excluding hydrogens is 346 g/mol. The fourth-order valence-corrected chi connectivity index (χ4v) is 2.24. The zero-order valence-electron chi connectivity index (χ0n) is 15.7. The predicted octanol–water partition coefficient (Wildman–Crippen LogP) is 1.53. The third-order valence-corrected chi connectivity index (χ3v) is 3.47. The van der Waals surface area contributed by atoms with E-state index in [0.717, 1.165) is 0 Å². The Morgan fingerprint density at radius 2 is 1.92 bits per heavy atom. The molecule has 0 fully saturated rings. The molecule has 0 saturated carbocycles. The third-order valence-electron chi connectivity index (χ3n) is 3.25. The lowest BCUT2D eigenvalue weighted by molar-refractivity contribution is -0.198. The SMILES string of the molecule is COC(COC(=O)CCCC(=O)NCCS)OC(CO)CC(C)(C)C. The Morgan fingerprint density at radius 3 is 2.44 bits per heavy atom. The number of methoxy groups -OCH3 is 1. The summed E-state index contributed by atoms with van der Waals surface area (Å²) >= 11 is 4.00. The van der Waals surface area contributed by atoms with Gasteiger partial charge in [0, 0.05) is 32.2 Å². The Bertz CT molecular complexity index is 386. The lowest BCUT2D eigenvalue weighted by Gasteiger charge is -2.27. The summed E-state index contributed by atoms with van der Waals surface area (Å²) in [6, 6.07) is 0. The van der Waals surface area contributed by atoms with Crippen LogP contribution in [0.3, 0.4) is 0 Å². The quantitative estimate of drug-likeness (QED) is 0.255. The molecule has 0 aromatic rings. The molecule has 0 aliphatic carbocycles. The van der Waals surface area contributed by atoms with Gasteiger partial charge in [0.15, 0.2) is 6.29 Å². The topological polar surface area (TPSA) is 94.1 Å². The molecule has 2 N–H and O–H groups in total. The van der Waals surface area contributed by atoms with Gasteiger partial charge in [0.25, 0.3) is 0 Å². The van der Waals surface area contributed by atoms with E-state index in [-0.39, 0.29) is 43.5 Å². The summed E-state index contributed by atoms with van der Waals surface area (Å²) in [7, 11) is 1.45. The first-order chi connectivity index (χ1) is 11.7. The maximum Gasteiger partial charge on any atom is 0.305 e. The van der Waals surface area contributed by atoms with Crippen LogP contribution in [0.4, 0.5) is 0 Å². The highest BCUT2D eigenvalue weighted by molar-refractivity contribution is 7.80. The summed E-state index contributed by atoms with van der Waals surface area (Å²) in [6.07, 6.45) is 0.361. The molecular formula is C17H33NO6S. The van der Waals surface area contributed by atoms with Crippen molar-refractivity contribution in [3.63, 3.8) is 0 Å². The Balaban J connectivity index is 4.07. The summed E-state index contributed by atoms with van der Waals surface area (Å²) in [6.45, 7) is 6.47. The molecule has 0 aromatic heterocycles. The zero-order chi connectivity index (χ0) is 19.3. The molecule has 0 aromatic carbocycles. The van der Waals surface area contributed by atoms with Gasteiger partial charge >= 0.3 is 5.97 Å². The molecule has 0 radical (unpaired) electrons. The number of hydrogen-bond donors (Lipinski definition) is 3. The number of ether oxygens (including phenoxy) is 3. The van der Waals surface area contributed by atoms with Crippen molar-refractivity contribution in [2.24, 2.45) is 5.41 Å². The number of carbonyl (C=O) groups is 2. The van der Waals surface area contributed by atoms with Crippen molar-refractivity contribution in [1.29, 1.82) is 0 Å². The van der Waals surface area contributed by atoms with Crippen molar-refractivity contribution >= 4 is 24.5 Å². The summed E-state index contributed by atoms with van der Waals surface area (Å²) in [5, 5.41) is 12.1. The van der Waals surface area contributed by atoms with Gasteiger partial charge in [0.05, 0.1) is 12.7 Å². The standard InChI is InChI=1S/C17H33NO6S/c1-17(2,3)10-13(11-19)24-16(22-4)12-23-15(21)7-5-6-14(20)18-8-9-25/h13,16,19,25H,5-12H2,1-4H3,(H,18,20). The van der Waals surface area contributed by atoms with E-state index in [2.05, 4.69) is 17.9 Å². The maximum atomic E-state index is 11.7. The first-order valence-electron chi connectivity index (χ1n) is 8.54. The molecule has 0 rings (SSSR count). The Hall–Kier alpha value is -0.830.